The predicted molar refractivity (Wildman–Crippen MR) is 57.8 cm³/mol. The second-order valence-electron chi connectivity index (χ2n) is 3.00. The van der Waals surface area contributed by atoms with E-state index in [2.05, 4.69) is 20.7 Å². The van der Waals surface area contributed by atoms with E-state index < -0.39 is 12.0 Å². The monoisotopic (exact) mass is 257 g/mol. The highest BCUT2D eigenvalue weighted by molar-refractivity contribution is 9.10. The second kappa shape index (κ2) is 4.57. The number of carbonyl (C=O) groups excluding carboxylic acids is 1. The van der Waals surface area contributed by atoms with Crippen molar-refractivity contribution in [3.8, 4) is 0 Å². The Hall–Kier alpha value is -0.870. The van der Waals surface area contributed by atoms with Gasteiger partial charge in [-0.1, -0.05) is 22.0 Å². The summed E-state index contributed by atoms with van der Waals surface area (Å²) in [5, 5.41) is 0. The van der Waals surface area contributed by atoms with Crippen molar-refractivity contribution in [1.82, 2.24) is 0 Å². The first kappa shape index (κ1) is 11.2. The maximum Gasteiger partial charge on any atom is 0.327 e. The van der Waals surface area contributed by atoms with Crippen molar-refractivity contribution in [3.63, 3.8) is 0 Å². The fraction of sp³-hybridized carbons (Fsp3) is 0.300. The summed E-state index contributed by atoms with van der Waals surface area (Å²) >= 11 is 3.33. The number of hydrogen-bond donors (Lipinski definition) is 1. The molecule has 0 spiro atoms. The molecule has 0 aromatic heterocycles. The van der Waals surface area contributed by atoms with E-state index in [1.165, 1.54) is 7.11 Å². The van der Waals surface area contributed by atoms with Gasteiger partial charge in [-0.2, -0.15) is 0 Å². The lowest BCUT2D eigenvalue weighted by Gasteiger charge is -2.12. The average Bonchev–Trinajstić information content (AvgIpc) is 2.19. The second-order valence-corrected chi connectivity index (χ2v) is 3.92. The van der Waals surface area contributed by atoms with E-state index in [-0.39, 0.29) is 0 Å². The third-order valence-corrected chi connectivity index (χ3v) is 2.52. The first-order chi connectivity index (χ1) is 6.56. The van der Waals surface area contributed by atoms with Crippen molar-refractivity contribution in [3.05, 3.63) is 33.8 Å². The Bertz CT molecular complexity index is 352. The van der Waals surface area contributed by atoms with Gasteiger partial charge in [-0.25, -0.2) is 0 Å². The Morgan fingerprint density at radius 2 is 2.21 bits per heavy atom. The van der Waals surface area contributed by atoms with Gasteiger partial charge in [-0.3, -0.25) is 4.79 Å². The number of carbonyl (C=O) groups is 1. The summed E-state index contributed by atoms with van der Waals surface area (Å²) < 4.78 is 5.48. The molecule has 0 fully saturated rings. The summed E-state index contributed by atoms with van der Waals surface area (Å²) in [6, 6.07) is 4.93. The lowest BCUT2D eigenvalue weighted by atomic mass is 10.0. The van der Waals surface area contributed by atoms with Crippen molar-refractivity contribution in [2.24, 2.45) is 5.73 Å². The molecule has 0 saturated carbocycles. The molecule has 1 atom stereocenters. The van der Waals surface area contributed by atoms with E-state index in [0.29, 0.717) is 0 Å². The molecular weight excluding hydrogens is 246 g/mol. The number of nitrogens with two attached hydrogens (primary N) is 1. The molecule has 0 aliphatic carbocycles. The minimum Gasteiger partial charge on any atom is -0.468 e. The van der Waals surface area contributed by atoms with Crippen LogP contribution in [0.25, 0.3) is 0 Å². The molecule has 0 heterocycles. The SMILES string of the molecule is COC(=O)[C@H](N)c1cc(Br)ccc1C. The van der Waals surface area contributed by atoms with Crippen LogP contribution in [0, 0.1) is 6.92 Å². The van der Waals surface area contributed by atoms with Gasteiger partial charge in [0.1, 0.15) is 6.04 Å². The van der Waals surface area contributed by atoms with Crippen LogP contribution in [0.5, 0.6) is 0 Å². The third-order valence-electron chi connectivity index (χ3n) is 2.03. The normalized spacial score (nSPS) is 12.3. The smallest absolute Gasteiger partial charge is 0.327 e. The van der Waals surface area contributed by atoms with Gasteiger partial charge in [-0.05, 0) is 30.2 Å². The standard InChI is InChI=1S/C10H12BrNO2/c1-6-3-4-7(11)5-8(6)9(12)10(13)14-2/h3-5,9H,12H2,1-2H3/t9-/m1/s1. The Labute approximate surface area is 91.4 Å². The maximum atomic E-state index is 11.2. The van der Waals surface area contributed by atoms with Gasteiger partial charge in [0.2, 0.25) is 0 Å². The van der Waals surface area contributed by atoms with Gasteiger partial charge in [0.25, 0.3) is 0 Å². The van der Waals surface area contributed by atoms with E-state index in [1.807, 2.05) is 25.1 Å². The molecular formula is C10H12BrNO2. The Morgan fingerprint density at radius 3 is 2.79 bits per heavy atom. The summed E-state index contributed by atoms with van der Waals surface area (Å²) in [5.74, 6) is -0.425. The molecule has 2 N–H and O–H groups in total. The minimum atomic E-state index is -0.711. The average molecular weight is 258 g/mol. The van der Waals surface area contributed by atoms with Crippen LogP contribution in [0.2, 0.25) is 0 Å². The van der Waals surface area contributed by atoms with E-state index >= 15 is 0 Å². The third kappa shape index (κ3) is 2.33. The van der Waals surface area contributed by atoms with Crippen LogP contribution in [0.3, 0.4) is 0 Å². The highest BCUT2D eigenvalue weighted by Gasteiger charge is 2.18. The maximum absolute atomic E-state index is 11.2. The van der Waals surface area contributed by atoms with E-state index in [0.717, 1.165) is 15.6 Å². The van der Waals surface area contributed by atoms with E-state index in [9.17, 15) is 4.79 Å². The van der Waals surface area contributed by atoms with Crippen molar-refractivity contribution < 1.29 is 9.53 Å². The molecule has 3 nitrogen and oxygen atoms in total. The fourth-order valence-electron chi connectivity index (χ4n) is 1.20. The summed E-state index contributed by atoms with van der Waals surface area (Å²) in [6.07, 6.45) is 0. The largest absolute Gasteiger partial charge is 0.468 e. The lowest BCUT2D eigenvalue weighted by Crippen LogP contribution is -2.23. The first-order valence-corrected chi connectivity index (χ1v) is 4.95. The van der Waals surface area contributed by atoms with Gasteiger partial charge < -0.3 is 10.5 Å². The molecule has 0 aliphatic rings. The number of benzene rings is 1. The number of esters is 1. The molecule has 0 saturated heterocycles. The number of halogens is 1. The number of hydrogen-bond acceptors (Lipinski definition) is 3. The molecule has 0 aliphatic heterocycles. The van der Waals surface area contributed by atoms with Gasteiger partial charge in [0.05, 0.1) is 7.11 Å². The van der Waals surface area contributed by atoms with Crippen LogP contribution in [0.4, 0.5) is 0 Å². The topological polar surface area (TPSA) is 52.3 Å². The molecule has 1 aromatic rings. The van der Waals surface area contributed by atoms with Crippen molar-refractivity contribution in [1.29, 1.82) is 0 Å². The molecule has 14 heavy (non-hydrogen) atoms. The zero-order valence-electron chi connectivity index (χ0n) is 8.08. The zero-order chi connectivity index (χ0) is 10.7. The zero-order valence-corrected chi connectivity index (χ0v) is 9.67. The van der Waals surface area contributed by atoms with Crippen LogP contribution in [-0.4, -0.2) is 13.1 Å². The number of ether oxygens (including phenoxy) is 1. The quantitative estimate of drug-likeness (QED) is 0.824. The Balaban J connectivity index is 3.05. The number of aryl methyl sites for hydroxylation is 1. The Morgan fingerprint density at radius 1 is 1.57 bits per heavy atom. The van der Waals surface area contributed by atoms with Gasteiger partial charge >= 0.3 is 5.97 Å². The van der Waals surface area contributed by atoms with Gasteiger partial charge in [0, 0.05) is 4.47 Å². The van der Waals surface area contributed by atoms with Crippen LogP contribution < -0.4 is 5.73 Å². The number of rotatable bonds is 2. The predicted octanol–water partition coefficient (Wildman–Crippen LogP) is 1.93. The minimum absolute atomic E-state index is 0.425. The fourth-order valence-corrected chi connectivity index (χ4v) is 1.58. The molecule has 4 heteroatoms. The molecule has 76 valence electrons. The van der Waals surface area contributed by atoms with Crippen LogP contribution in [0.1, 0.15) is 17.2 Å². The van der Waals surface area contributed by atoms with E-state index in [4.69, 9.17) is 5.73 Å². The summed E-state index contributed by atoms with van der Waals surface area (Å²) in [6.45, 7) is 1.91. The van der Waals surface area contributed by atoms with Crippen LogP contribution in [0.15, 0.2) is 22.7 Å². The lowest BCUT2D eigenvalue weighted by molar-refractivity contribution is -0.142. The van der Waals surface area contributed by atoms with Crippen molar-refractivity contribution in [2.45, 2.75) is 13.0 Å². The highest BCUT2D eigenvalue weighted by Crippen LogP contribution is 2.21. The highest BCUT2D eigenvalue weighted by atomic mass is 79.9. The molecule has 0 amide bonds. The molecule has 0 bridgehead atoms. The molecule has 0 unspecified atom stereocenters. The van der Waals surface area contributed by atoms with Crippen LogP contribution >= 0.6 is 15.9 Å². The summed E-state index contributed by atoms with van der Waals surface area (Å²) in [5.41, 5.74) is 7.48. The molecule has 1 aromatic carbocycles. The summed E-state index contributed by atoms with van der Waals surface area (Å²) in [4.78, 5) is 11.2. The van der Waals surface area contributed by atoms with Crippen LogP contribution in [-0.2, 0) is 9.53 Å². The van der Waals surface area contributed by atoms with Gasteiger partial charge in [0.15, 0.2) is 0 Å². The van der Waals surface area contributed by atoms with Crippen molar-refractivity contribution >= 4 is 21.9 Å². The van der Waals surface area contributed by atoms with Crippen molar-refractivity contribution in [2.75, 3.05) is 7.11 Å². The van der Waals surface area contributed by atoms with Gasteiger partial charge in [-0.15, -0.1) is 0 Å². The molecule has 0 radical (unpaired) electrons. The summed E-state index contributed by atoms with van der Waals surface area (Å²) in [7, 11) is 1.33. The number of methoxy groups -OCH3 is 1. The first-order valence-electron chi connectivity index (χ1n) is 4.15. The van der Waals surface area contributed by atoms with E-state index in [1.54, 1.807) is 0 Å². The molecule has 1 rings (SSSR count). The Kier molecular flexibility index (Phi) is 3.66.